The second-order valence-corrected chi connectivity index (χ2v) is 7.10. The highest BCUT2D eigenvalue weighted by Gasteiger charge is 2.34. The van der Waals surface area contributed by atoms with Gasteiger partial charge in [0.1, 0.15) is 0 Å². The Morgan fingerprint density at radius 2 is 2.38 bits per heavy atom. The molecule has 7 heteroatoms. The second-order valence-electron chi connectivity index (χ2n) is 7.10. The number of amides is 1. The van der Waals surface area contributed by atoms with Crippen LogP contribution in [0.15, 0.2) is 24.7 Å². The van der Waals surface area contributed by atoms with Crippen molar-refractivity contribution < 1.29 is 9.53 Å². The fourth-order valence-corrected chi connectivity index (χ4v) is 3.43. The third-order valence-electron chi connectivity index (χ3n) is 4.78. The molecule has 2 aromatic heterocycles. The molecule has 4 rings (SSSR count). The first-order valence-electron chi connectivity index (χ1n) is 8.35. The zero-order valence-corrected chi connectivity index (χ0v) is 13.7. The molecule has 1 fully saturated rings. The number of aromatic nitrogens is 4. The van der Waals surface area contributed by atoms with Crippen molar-refractivity contribution in [3.8, 4) is 0 Å². The minimum absolute atomic E-state index is 0.0203. The van der Waals surface area contributed by atoms with E-state index in [2.05, 4.69) is 27.5 Å². The largest absolute Gasteiger partial charge is 0.380 e. The van der Waals surface area contributed by atoms with Gasteiger partial charge in [-0.15, -0.1) is 5.10 Å². The number of nitrogens with one attached hydrogen (secondary N) is 1. The summed E-state index contributed by atoms with van der Waals surface area (Å²) in [5, 5.41) is 11.2. The van der Waals surface area contributed by atoms with Crippen LogP contribution < -0.4 is 5.32 Å². The summed E-state index contributed by atoms with van der Waals surface area (Å²) < 4.78 is 6.98. The summed E-state index contributed by atoms with van der Waals surface area (Å²) in [6.07, 6.45) is 8.40. The molecular weight excluding hydrogens is 306 g/mol. The number of pyridine rings is 1. The summed E-state index contributed by atoms with van der Waals surface area (Å²) in [4.78, 5) is 16.7. The molecule has 0 bridgehead atoms. The number of hydrogen-bond donors (Lipinski definition) is 1. The predicted octanol–water partition coefficient (Wildman–Crippen LogP) is 1.52. The van der Waals surface area contributed by atoms with E-state index in [9.17, 15) is 4.79 Å². The first kappa shape index (κ1) is 15.3. The van der Waals surface area contributed by atoms with Crippen molar-refractivity contribution >= 4 is 5.91 Å². The number of fused-ring (bicyclic) bond motifs is 1. The topological polar surface area (TPSA) is 81.9 Å². The summed E-state index contributed by atoms with van der Waals surface area (Å²) >= 11 is 0. The Morgan fingerprint density at radius 1 is 1.50 bits per heavy atom. The fourth-order valence-electron chi connectivity index (χ4n) is 3.43. The van der Waals surface area contributed by atoms with Gasteiger partial charge in [0.05, 0.1) is 32.0 Å². The lowest BCUT2D eigenvalue weighted by molar-refractivity contribution is -0.111. The molecule has 7 nitrogen and oxygen atoms in total. The van der Waals surface area contributed by atoms with Crippen LogP contribution in [0.3, 0.4) is 0 Å². The first-order valence-corrected chi connectivity index (χ1v) is 8.35. The smallest absolute Gasteiger partial charge is 0.273 e. The van der Waals surface area contributed by atoms with E-state index in [1.807, 2.05) is 12.3 Å². The van der Waals surface area contributed by atoms with Gasteiger partial charge in [-0.05, 0) is 36.5 Å². The van der Waals surface area contributed by atoms with Crippen LogP contribution in [-0.2, 0) is 17.7 Å². The van der Waals surface area contributed by atoms with Crippen LogP contribution in [0.5, 0.6) is 0 Å². The zero-order valence-electron chi connectivity index (χ0n) is 13.7. The molecule has 1 saturated heterocycles. The lowest BCUT2D eigenvalue weighted by Gasteiger charge is -2.37. The lowest BCUT2D eigenvalue weighted by Crippen LogP contribution is -2.43. The van der Waals surface area contributed by atoms with E-state index in [0.29, 0.717) is 12.2 Å². The molecule has 2 aliphatic rings. The van der Waals surface area contributed by atoms with Gasteiger partial charge in [-0.25, -0.2) is 0 Å². The van der Waals surface area contributed by atoms with Crippen LogP contribution in [0.2, 0.25) is 0 Å². The lowest BCUT2D eigenvalue weighted by atomic mass is 9.89. The van der Waals surface area contributed by atoms with Crippen molar-refractivity contribution in [2.24, 2.45) is 5.41 Å². The Labute approximate surface area is 140 Å². The van der Waals surface area contributed by atoms with Crippen LogP contribution in [0, 0.1) is 5.41 Å². The van der Waals surface area contributed by atoms with Crippen molar-refractivity contribution in [3.63, 3.8) is 0 Å². The maximum absolute atomic E-state index is 12.5. The van der Waals surface area contributed by atoms with E-state index in [1.165, 1.54) is 5.56 Å². The number of rotatable bonds is 4. The Kier molecular flexibility index (Phi) is 3.80. The van der Waals surface area contributed by atoms with Gasteiger partial charge < -0.3 is 10.1 Å². The number of carbonyl (C=O) groups is 1. The van der Waals surface area contributed by atoms with E-state index < -0.39 is 0 Å². The first-order chi connectivity index (χ1) is 11.6. The van der Waals surface area contributed by atoms with Gasteiger partial charge in [0.15, 0.2) is 5.69 Å². The van der Waals surface area contributed by atoms with Gasteiger partial charge in [0.2, 0.25) is 0 Å². The minimum atomic E-state index is -0.175. The van der Waals surface area contributed by atoms with Gasteiger partial charge in [-0.2, -0.15) is 0 Å². The van der Waals surface area contributed by atoms with Crippen molar-refractivity contribution in [1.82, 2.24) is 25.3 Å². The van der Waals surface area contributed by atoms with Crippen molar-refractivity contribution in [1.29, 1.82) is 0 Å². The number of carbonyl (C=O) groups excluding carboxylic acids is 1. The summed E-state index contributed by atoms with van der Waals surface area (Å²) in [7, 11) is 0. The average Bonchev–Trinajstić information content (AvgIpc) is 3.02. The molecule has 1 unspecified atom stereocenters. The standard InChI is InChI=1S/C17H21N5O2/c1-17(10-24-11-17)9-22-8-15(20-21-22)16(23)19-14-4-2-3-12-7-18-6-5-13(12)14/h5-8,14H,2-4,9-11H2,1H3,(H,19,23). The Bertz CT molecular complexity index is 753. The van der Waals surface area contributed by atoms with E-state index in [-0.39, 0.29) is 17.4 Å². The van der Waals surface area contributed by atoms with E-state index in [1.54, 1.807) is 17.1 Å². The molecule has 1 amide bonds. The number of hydrogen-bond acceptors (Lipinski definition) is 5. The summed E-state index contributed by atoms with van der Waals surface area (Å²) in [6, 6.07) is 2.01. The van der Waals surface area contributed by atoms with Gasteiger partial charge in [0.25, 0.3) is 5.91 Å². The van der Waals surface area contributed by atoms with E-state index >= 15 is 0 Å². The van der Waals surface area contributed by atoms with Crippen molar-refractivity contribution in [2.45, 2.75) is 38.8 Å². The summed E-state index contributed by atoms with van der Waals surface area (Å²) in [5.41, 5.74) is 2.84. The molecule has 1 N–H and O–H groups in total. The molecule has 0 saturated carbocycles. The highest BCUT2D eigenvalue weighted by Crippen LogP contribution is 2.29. The van der Waals surface area contributed by atoms with E-state index in [0.717, 1.165) is 38.0 Å². The second kappa shape index (κ2) is 5.98. The predicted molar refractivity (Wildman–Crippen MR) is 86.3 cm³/mol. The summed E-state index contributed by atoms with van der Waals surface area (Å²) in [5.74, 6) is -0.175. The third kappa shape index (κ3) is 2.91. The molecule has 3 heterocycles. The Morgan fingerprint density at radius 3 is 3.17 bits per heavy atom. The number of nitrogens with zero attached hydrogens (tertiary/aromatic N) is 4. The molecule has 1 aliphatic heterocycles. The molecule has 0 spiro atoms. The molecule has 1 aliphatic carbocycles. The highest BCUT2D eigenvalue weighted by atomic mass is 16.5. The maximum atomic E-state index is 12.5. The van der Waals surface area contributed by atoms with Gasteiger partial charge in [-0.3, -0.25) is 14.5 Å². The van der Waals surface area contributed by atoms with Crippen LogP contribution in [0.25, 0.3) is 0 Å². The Balaban J connectivity index is 1.44. The minimum Gasteiger partial charge on any atom is -0.380 e. The normalized spacial score (nSPS) is 21.6. The van der Waals surface area contributed by atoms with Crippen LogP contribution in [0.1, 0.15) is 47.4 Å². The molecule has 0 aromatic carbocycles. The SMILES string of the molecule is CC1(Cn2cc(C(=O)NC3CCCc4cnccc43)nn2)COC1. The van der Waals surface area contributed by atoms with Gasteiger partial charge >= 0.3 is 0 Å². The Hall–Kier alpha value is -2.28. The number of aryl methyl sites for hydroxylation is 1. The summed E-state index contributed by atoms with van der Waals surface area (Å²) in [6.45, 7) is 4.30. The number of ether oxygens (including phenoxy) is 1. The molecule has 24 heavy (non-hydrogen) atoms. The zero-order chi connectivity index (χ0) is 16.6. The van der Waals surface area contributed by atoms with Gasteiger partial charge in [-0.1, -0.05) is 12.1 Å². The monoisotopic (exact) mass is 327 g/mol. The maximum Gasteiger partial charge on any atom is 0.273 e. The van der Waals surface area contributed by atoms with Crippen LogP contribution >= 0.6 is 0 Å². The average molecular weight is 327 g/mol. The van der Waals surface area contributed by atoms with E-state index in [4.69, 9.17) is 4.74 Å². The van der Waals surface area contributed by atoms with Crippen molar-refractivity contribution in [3.05, 3.63) is 41.5 Å². The molecule has 1 atom stereocenters. The molecule has 2 aromatic rings. The fraction of sp³-hybridized carbons (Fsp3) is 0.529. The third-order valence-corrected chi connectivity index (χ3v) is 4.78. The quantitative estimate of drug-likeness (QED) is 0.920. The highest BCUT2D eigenvalue weighted by molar-refractivity contribution is 5.92. The van der Waals surface area contributed by atoms with Crippen molar-refractivity contribution in [2.75, 3.05) is 13.2 Å². The van der Waals surface area contributed by atoms with Gasteiger partial charge in [0, 0.05) is 17.8 Å². The molecular formula is C17H21N5O2. The molecule has 0 radical (unpaired) electrons. The van der Waals surface area contributed by atoms with Crippen LogP contribution in [0.4, 0.5) is 0 Å². The van der Waals surface area contributed by atoms with Crippen LogP contribution in [-0.4, -0.2) is 39.1 Å². The molecule has 126 valence electrons.